The van der Waals surface area contributed by atoms with Crippen molar-refractivity contribution in [1.29, 1.82) is 0 Å². The Morgan fingerprint density at radius 1 is 1.14 bits per heavy atom. The number of ether oxygens (including phenoxy) is 1. The summed E-state index contributed by atoms with van der Waals surface area (Å²) in [6.07, 6.45) is 10.3. The summed E-state index contributed by atoms with van der Waals surface area (Å²) in [5.41, 5.74) is -0.215. The van der Waals surface area contributed by atoms with E-state index in [9.17, 15) is 4.79 Å². The van der Waals surface area contributed by atoms with E-state index < -0.39 is 0 Å². The molecule has 1 saturated carbocycles. The van der Waals surface area contributed by atoms with Gasteiger partial charge in [-0.25, -0.2) is 0 Å². The fourth-order valence-corrected chi connectivity index (χ4v) is 3.28. The summed E-state index contributed by atoms with van der Waals surface area (Å²) in [6, 6.07) is 0. The Labute approximate surface area is 189 Å². The normalized spacial score (nSPS) is 15.7. The van der Waals surface area contributed by atoms with Crippen LogP contribution in [-0.2, 0) is 9.53 Å². The molecular formula is C21H43IN4O2. The second-order valence-electron chi connectivity index (χ2n) is 8.58. The molecule has 1 aliphatic carbocycles. The van der Waals surface area contributed by atoms with Crippen LogP contribution in [-0.4, -0.2) is 61.7 Å². The second kappa shape index (κ2) is 15.3. The van der Waals surface area contributed by atoms with E-state index in [1.807, 2.05) is 39.6 Å². The lowest BCUT2D eigenvalue weighted by molar-refractivity contribution is -0.122. The van der Waals surface area contributed by atoms with Crippen LogP contribution in [0.3, 0.4) is 0 Å². The smallest absolute Gasteiger partial charge is 0.240 e. The number of hydrogen-bond donors (Lipinski definition) is 2. The third-order valence-corrected chi connectivity index (χ3v) is 4.56. The van der Waals surface area contributed by atoms with Crippen molar-refractivity contribution in [2.45, 2.75) is 90.7 Å². The average Bonchev–Trinajstić information content (AvgIpc) is 2.59. The Morgan fingerprint density at radius 2 is 1.82 bits per heavy atom. The highest BCUT2D eigenvalue weighted by Gasteiger charge is 2.16. The summed E-state index contributed by atoms with van der Waals surface area (Å²) in [5, 5.41) is 6.25. The predicted octanol–water partition coefficient (Wildman–Crippen LogP) is 3.94. The molecule has 0 radical (unpaired) electrons. The Hall–Kier alpha value is -0.570. The second-order valence-corrected chi connectivity index (χ2v) is 8.58. The first-order valence-electron chi connectivity index (χ1n) is 10.7. The highest BCUT2D eigenvalue weighted by Crippen LogP contribution is 2.20. The first kappa shape index (κ1) is 27.4. The van der Waals surface area contributed by atoms with Gasteiger partial charge in [0, 0.05) is 32.3 Å². The molecule has 0 aromatic carbocycles. The van der Waals surface area contributed by atoms with Crippen molar-refractivity contribution in [3.63, 3.8) is 0 Å². The molecule has 0 spiro atoms. The SMILES string of the molecule is CCNC(=NCCCCCOC1CCCCC1)N(C)CC(=O)NC(C)(C)C.I. The minimum Gasteiger partial charge on any atom is -0.378 e. The van der Waals surface area contributed by atoms with Crippen molar-refractivity contribution >= 4 is 35.8 Å². The van der Waals surface area contributed by atoms with Gasteiger partial charge < -0.3 is 20.3 Å². The Balaban J connectivity index is 0.00000729. The van der Waals surface area contributed by atoms with Crippen molar-refractivity contribution in [1.82, 2.24) is 15.5 Å². The molecular weight excluding hydrogens is 467 g/mol. The number of likely N-dealkylation sites (N-methyl/N-ethyl adjacent to an activating group) is 1. The molecule has 0 saturated heterocycles. The van der Waals surface area contributed by atoms with Crippen LogP contribution in [0.4, 0.5) is 0 Å². The molecule has 28 heavy (non-hydrogen) atoms. The van der Waals surface area contributed by atoms with Crippen molar-refractivity contribution in [3.8, 4) is 0 Å². The summed E-state index contributed by atoms with van der Waals surface area (Å²) in [5.74, 6) is 0.801. The first-order valence-corrected chi connectivity index (χ1v) is 10.7. The average molecular weight is 511 g/mol. The van der Waals surface area contributed by atoms with Gasteiger partial charge in [0.25, 0.3) is 0 Å². The van der Waals surface area contributed by atoms with E-state index >= 15 is 0 Å². The van der Waals surface area contributed by atoms with Crippen LogP contribution in [0, 0.1) is 0 Å². The molecule has 7 heteroatoms. The third kappa shape index (κ3) is 13.6. The molecule has 0 aromatic heterocycles. The van der Waals surface area contributed by atoms with Gasteiger partial charge in [0.05, 0.1) is 12.6 Å². The zero-order valence-electron chi connectivity index (χ0n) is 18.7. The maximum atomic E-state index is 12.1. The fourth-order valence-electron chi connectivity index (χ4n) is 3.28. The molecule has 0 unspecified atom stereocenters. The number of amides is 1. The molecule has 1 fully saturated rings. The summed E-state index contributed by atoms with van der Waals surface area (Å²) in [6.45, 7) is 10.8. The van der Waals surface area contributed by atoms with E-state index in [-0.39, 0.29) is 35.4 Å². The molecule has 6 nitrogen and oxygen atoms in total. The number of halogens is 1. The quantitative estimate of drug-likeness (QED) is 0.202. The van der Waals surface area contributed by atoms with Gasteiger partial charge in [-0.15, -0.1) is 24.0 Å². The molecule has 1 amide bonds. The van der Waals surface area contributed by atoms with Crippen LogP contribution in [0.2, 0.25) is 0 Å². The number of carbonyl (C=O) groups is 1. The lowest BCUT2D eigenvalue weighted by Crippen LogP contribution is -2.48. The minimum absolute atomic E-state index is 0. The van der Waals surface area contributed by atoms with Crippen molar-refractivity contribution in [2.24, 2.45) is 4.99 Å². The number of rotatable bonds is 10. The van der Waals surface area contributed by atoms with Crippen LogP contribution in [0.25, 0.3) is 0 Å². The fraction of sp³-hybridized carbons (Fsp3) is 0.905. The number of guanidine groups is 1. The minimum atomic E-state index is -0.215. The van der Waals surface area contributed by atoms with Gasteiger partial charge in [-0.1, -0.05) is 19.3 Å². The number of aliphatic imine (C=N–C) groups is 1. The molecule has 2 N–H and O–H groups in total. The summed E-state index contributed by atoms with van der Waals surface area (Å²) >= 11 is 0. The number of nitrogens with zero attached hydrogens (tertiary/aromatic N) is 2. The zero-order chi connectivity index (χ0) is 20.1. The van der Waals surface area contributed by atoms with E-state index in [0.717, 1.165) is 44.9 Å². The molecule has 0 bridgehead atoms. The predicted molar refractivity (Wildman–Crippen MR) is 129 cm³/mol. The van der Waals surface area contributed by atoms with E-state index in [1.165, 1.54) is 32.1 Å². The summed E-state index contributed by atoms with van der Waals surface area (Å²) in [7, 11) is 1.90. The van der Waals surface area contributed by atoms with Gasteiger partial charge in [-0.2, -0.15) is 0 Å². The van der Waals surface area contributed by atoms with Crippen LogP contribution in [0.15, 0.2) is 4.99 Å². The van der Waals surface area contributed by atoms with Crippen molar-refractivity contribution in [2.75, 3.05) is 33.3 Å². The van der Waals surface area contributed by atoms with Crippen molar-refractivity contribution < 1.29 is 9.53 Å². The van der Waals surface area contributed by atoms with Gasteiger partial charge in [-0.05, 0) is 59.8 Å². The zero-order valence-corrected chi connectivity index (χ0v) is 21.0. The van der Waals surface area contributed by atoms with E-state index in [4.69, 9.17) is 4.74 Å². The summed E-state index contributed by atoms with van der Waals surface area (Å²) < 4.78 is 5.97. The van der Waals surface area contributed by atoms with Gasteiger partial charge in [-0.3, -0.25) is 9.79 Å². The highest BCUT2D eigenvalue weighted by molar-refractivity contribution is 14.0. The topological polar surface area (TPSA) is 66.0 Å². The lowest BCUT2D eigenvalue weighted by atomic mass is 9.98. The van der Waals surface area contributed by atoms with Gasteiger partial charge in [0.15, 0.2) is 5.96 Å². The molecule has 0 heterocycles. The van der Waals surface area contributed by atoms with Crippen LogP contribution in [0.5, 0.6) is 0 Å². The largest absolute Gasteiger partial charge is 0.378 e. The Bertz CT molecular complexity index is 446. The maximum absolute atomic E-state index is 12.1. The number of carbonyl (C=O) groups excluding carboxylic acids is 1. The lowest BCUT2D eigenvalue weighted by Gasteiger charge is -2.25. The van der Waals surface area contributed by atoms with E-state index in [0.29, 0.717) is 12.6 Å². The number of unbranched alkanes of at least 4 members (excludes halogenated alkanes) is 2. The van der Waals surface area contributed by atoms with E-state index in [1.54, 1.807) is 0 Å². The van der Waals surface area contributed by atoms with Crippen molar-refractivity contribution in [3.05, 3.63) is 0 Å². The van der Waals surface area contributed by atoms with E-state index in [2.05, 4.69) is 15.6 Å². The molecule has 0 aliphatic heterocycles. The summed E-state index contributed by atoms with van der Waals surface area (Å²) in [4.78, 5) is 18.7. The molecule has 1 rings (SSSR count). The van der Waals surface area contributed by atoms with Crippen LogP contribution >= 0.6 is 24.0 Å². The maximum Gasteiger partial charge on any atom is 0.240 e. The van der Waals surface area contributed by atoms with Crippen LogP contribution < -0.4 is 10.6 Å². The molecule has 0 aromatic rings. The standard InChI is InChI=1S/C21H42N4O2.HI/c1-6-22-20(25(5)17-19(26)24-21(2,3)4)23-15-11-8-12-16-27-18-13-9-7-10-14-18;/h18H,6-17H2,1-5H3,(H,22,23)(H,24,26);1H. The number of hydrogen-bond acceptors (Lipinski definition) is 3. The van der Waals surface area contributed by atoms with Crippen LogP contribution in [0.1, 0.15) is 79.1 Å². The Kier molecular flexibility index (Phi) is 15.0. The monoisotopic (exact) mass is 510 g/mol. The van der Waals surface area contributed by atoms with Gasteiger partial charge >= 0.3 is 0 Å². The van der Waals surface area contributed by atoms with Gasteiger partial charge in [0.2, 0.25) is 5.91 Å². The first-order chi connectivity index (χ1) is 12.8. The third-order valence-electron chi connectivity index (χ3n) is 4.56. The Morgan fingerprint density at radius 3 is 2.43 bits per heavy atom. The molecule has 166 valence electrons. The number of nitrogens with one attached hydrogen (secondary N) is 2. The molecule has 0 atom stereocenters. The highest BCUT2D eigenvalue weighted by atomic mass is 127. The van der Waals surface area contributed by atoms with Gasteiger partial charge in [0.1, 0.15) is 0 Å². The molecule has 1 aliphatic rings.